The van der Waals surface area contributed by atoms with E-state index in [4.69, 9.17) is 5.26 Å². The van der Waals surface area contributed by atoms with E-state index in [2.05, 4.69) is 19.1 Å². The fourth-order valence-corrected chi connectivity index (χ4v) is 7.07. The molecule has 0 heterocycles. The summed E-state index contributed by atoms with van der Waals surface area (Å²) in [6.45, 7) is 4.54. The van der Waals surface area contributed by atoms with Crippen LogP contribution in [0.1, 0.15) is 65.2 Å². The Hall–Kier alpha value is -1.11. The lowest BCUT2D eigenvalue weighted by atomic mass is 9.46. The molecule has 3 nitrogen and oxygen atoms in total. The van der Waals surface area contributed by atoms with Gasteiger partial charge in [0.2, 0.25) is 0 Å². The molecule has 0 amide bonds. The molecule has 0 saturated heterocycles. The molecule has 0 aliphatic heterocycles. The van der Waals surface area contributed by atoms with Crippen LogP contribution in [0.4, 0.5) is 0 Å². The second kappa shape index (κ2) is 5.69. The lowest BCUT2D eigenvalue weighted by Crippen LogP contribution is -2.53. The zero-order valence-corrected chi connectivity index (χ0v) is 15.6. The molecule has 0 unspecified atom stereocenters. The number of hydrogen-bond acceptors (Lipinski definition) is 3. The van der Waals surface area contributed by atoms with Crippen molar-refractivity contribution in [1.29, 1.82) is 5.26 Å². The zero-order valence-electron chi connectivity index (χ0n) is 15.6. The Labute approximate surface area is 151 Å². The van der Waals surface area contributed by atoms with Gasteiger partial charge in [-0.15, -0.1) is 0 Å². The maximum atomic E-state index is 10.5. The van der Waals surface area contributed by atoms with Gasteiger partial charge in [-0.05, 0) is 81.5 Å². The summed E-state index contributed by atoms with van der Waals surface area (Å²) in [6.07, 6.45) is 12.2. The third-order valence-electron chi connectivity index (χ3n) is 8.47. The number of aliphatic hydroxyl groups excluding tert-OH is 1. The number of aliphatic hydroxyl groups is 2. The minimum Gasteiger partial charge on any atom is -0.395 e. The van der Waals surface area contributed by atoms with Gasteiger partial charge in [0, 0.05) is 11.5 Å². The van der Waals surface area contributed by atoms with Crippen molar-refractivity contribution in [1.82, 2.24) is 0 Å². The van der Waals surface area contributed by atoms with E-state index >= 15 is 0 Å². The van der Waals surface area contributed by atoms with Gasteiger partial charge in [0.1, 0.15) is 0 Å². The van der Waals surface area contributed by atoms with E-state index in [0.29, 0.717) is 17.8 Å². The van der Waals surface area contributed by atoms with Crippen molar-refractivity contribution in [3.05, 3.63) is 23.3 Å². The Morgan fingerprint density at radius 2 is 2.04 bits per heavy atom. The van der Waals surface area contributed by atoms with Gasteiger partial charge >= 0.3 is 0 Å². The van der Waals surface area contributed by atoms with Crippen LogP contribution in [-0.4, -0.2) is 22.4 Å². The van der Waals surface area contributed by atoms with Crippen molar-refractivity contribution in [3.8, 4) is 6.07 Å². The second-order valence-corrected chi connectivity index (χ2v) is 9.62. The van der Waals surface area contributed by atoms with Crippen LogP contribution in [0.2, 0.25) is 0 Å². The highest BCUT2D eigenvalue weighted by molar-refractivity contribution is 5.32. The standard InChI is InChI=1S/C22H31NO2/c1-20(25)10-11-22(14-24)16(13-20)3-5-17-18-6-4-15(8-12-23)21(18,2)9-7-19(17)22/h3,8,17-19,24-25H,4-7,9-11,13-14H2,1-2H3/b15-8-/t17-,18-,19-,20+,21+,22+/m0/s1. The molecule has 2 N–H and O–H groups in total. The number of allylic oxidation sites excluding steroid dienone is 3. The molecule has 3 saturated carbocycles. The quantitative estimate of drug-likeness (QED) is 0.557. The number of rotatable bonds is 1. The number of hydrogen-bond donors (Lipinski definition) is 2. The van der Waals surface area contributed by atoms with Gasteiger partial charge in [0.25, 0.3) is 0 Å². The average molecular weight is 341 g/mol. The van der Waals surface area contributed by atoms with Crippen LogP contribution < -0.4 is 0 Å². The highest BCUT2D eigenvalue weighted by atomic mass is 16.3. The van der Waals surface area contributed by atoms with Crippen LogP contribution in [0.5, 0.6) is 0 Å². The summed E-state index contributed by atoms with van der Waals surface area (Å²) in [5.41, 5.74) is 2.14. The van der Waals surface area contributed by atoms with Gasteiger partial charge in [-0.25, -0.2) is 0 Å². The summed E-state index contributed by atoms with van der Waals surface area (Å²) in [6, 6.07) is 2.27. The van der Waals surface area contributed by atoms with Crippen LogP contribution in [0.15, 0.2) is 23.3 Å². The minimum absolute atomic E-state index is 0.103. The number of nitrogens with zero attached hydrogens (tertiary/aromatic N) is 1. The predicted octanol–water partition coefficient (Wildman–Crippen LogP) is 4.12. The molecule has 136 valence electrons. The molecule has 4 aliphatic carbocycles. The molecular weight excluding hydrogens is 310 g/mol. The van der Waals surface area contributed by atoms with Crippen molar-refractivity contribution < 1.29 is 10.2 Å². The van der Waals surface area contributed by atoms with Gasteiger partial charge in [-0.1, -0.05) is 24.1 Å². The topological polar surface area (TPSA) is 64.2 Å². The van der Waals surface area contributed by atoms with Gasteiger partial charge in [0.05, 0.1) is 18.3 Å². The third-order valence-corrected chi connectivity index (χ3v) is 8.47. The van der Waals surface area contributed by atoms with Gasteiger partial charge < -0.3 is 10.2 Å². The van der Waals surface area contributed by atoms with Gasteiger partial charge in [-0.3, -0.25) is 0 Å². The van der Waals surface area contributed by atoms with Crippen molar-refractivity contribution in [2.75, 3.05) is 6.61 Å². The normalized spacial score (nSPS) is 50.4. The number of nitriles is 1. The summed E-state index contributed by atoms with van der Waals surface area (Å²) in [7, 11) is 0. The highest BCUT2D eigenvalue weighted by Gasteiger charge is 2.59. The Morgan fingerprint density at radius 1 is 1.24 bits per heavy atom. The van der Waals surface area contributed by atoms with Crippen LogP contribution in [-0.2, 0) is 0 Å². The first kappa shape index (κ1) is 17.3. The molecule has 0 aromatic heterocycles. The zero-order chi connectivity index (χ0) is 17.9. The molecule has 0 bridgehead atoms. The Bertz CT molecular complexity index is 670. The largest absolute Gasteiger partial charge is 0.395 e. The van der Waals surface area contributed by atoms with E-state index in [9.17, 15) is 10.2 Å². The monoisotopic (exact) mass is 341 g/mol. The highest BCUT2D eigenvalue weighted by Crippen LogP contribution is 2.66. The molecule has 0 spiro atoms. The smallest absolute Gasteiger partial charge is 0.0911 e. The van der Waals surface area contributed by atoms with Crippen LogP contribution in [0.25, 0.3) is 0 Å². The lowest BCUT2D eigenvalue weighted by molar-refractivity contribution is -0.0770. The first-order valence-electron chi connectivity index (χ1n) is 9.98. The van der Waals surface area contributed by atoms with Crippen molar-refractivity contribution in [2.24, 2.45) is 28.6 Å². The Kier molecular flexibility index (Phi) is 3.94. The van der Waals surface area contributed by atoms with Crippen molar-refractivity contribution in [3.63, 3.8) is 0 Å². The minimum atomic E-state index is -0.615. The molecule has 0 radical (unpaired) electrons. The Morgan fingerprint density at radius 3 is 2.76 bits per heavy atom. The molecule has 6 atom stereocenters. The summed E-state index contributed by atoms with van der Waals surface area (Å²) in [5, 5.41) is 30.1. The fraction of sp³-hybridized carbons (Fsp3) is 0.773. The molecule has 4 aliphatic rings. The summed E-state index contributed by atoms with van der Waals surface area (Å²) < 4.78 is 0. The molecule has 0 aromatic rings. The molecule has 3 fully saturated rings. The van der Waals surface area contributed by atoms with Gasteiger partial charge in [0.15, 0.2) is 0 Å². The van der Waals surface area contributed by atoms with E-state index < -0.39 is 5.60 Å². The van der Waals surface area contributed by atoms with Crippen LogP contribution >= 0.6 is 0 Å². The van der Waals surface area contributed by atoms with E-state index in [1.165, 1.54) is 17.6 Å². The summed E-state index contributed by atoms with van der Waals surface area (Å²) >= 11 is 0. The molecule has 0 aromatic carbocycles. The predicted molar refractivity (Wildman–Crippen MR) is 97.4 cm³/mol. The number of fused-ring (bicyclic) bond motifs is 5. The first-order valence-corrected chi connectivity index (χ1v) is 9.98. The van der Waals surface area contributed by atoms with Crippen molar-refractivity contribution >= 4 is 0 Å². The van der Waals surface area contributed by atoms with Crippen LogP contribution in [0.3, 0.4) is 0 Å². The molecule has 25 heavy (non-hydrogen) atoms. The Balaban J connectivity index is 1.70. The maximum Gasteiger partial charge on any atom is 0.0911 e. The van der Waals surface area contributed by atoms with E-state index in [1.54, 1.807) is 0 Å². The molecule has 4 rings (SSSR count). The maximum absolute atomic E-state index is 10.5. The fourth-order valence-electron chi connectivity index (χ4n) is 7.07. The average Bonchev–Trinajstić information content (AvgIpc) is 2.91. The third kappa shape index (κ3) is 2.37. The lowest BCUT2D eigenvalue weighted by Gasteiger charge is -2.58. The van der Waals surface area contributed by atoms with E-state index in [1.807, 2.05) is 13.0 Å². The molecule has 3 heteroatoms. The second-order valence-electron chi connectivity index (χ2n) is 9.62. The first-order chi connectivity index (χ1) is 11.9. The van der Waals surface area contributed by atoms with Gasteiger partial charge in [-0.2, -0.15) is 5.26 Å². The summed E-state index contributed by atoms with van der Waals surface area (Å²) in [4.78, 5) is 0. The SMILES string of the molecule is C[C@@]1(O)CC[C@@]2(CO)C(=CC[C@@H]3[C@@H]2CC[C@]2(C)/C(=C\C#N)CC[C@@H]32)C1. The van der Waals surface area contributed by atoms with E-state index in [0.717, 1.165) is 44.9 Å². The van der Waals surface area contributed by atoms with E-state index in [-0.39, 0.29) is 17.4 Å². The molecular formula is C22H31NO2. The van der Waals surface area contributed by atoms with Crippen LogP contribution in [0, 0.1) is 39.9 Å². The van der Waals surface area contributed by atoms with Crippen molar-refractivity contribution in [2.45, 2.75) is 70.8 Å². The summed E-state index contributed by atoms with van der Waals surface area (Å²) in [5.74, 6) is 1.78.